The average molecular weight is 273 g/mol. The minimum absolute atomic E-state index is 0.242. The third-order valence-electron chi connectivity index (χ3n) is 4.47. The molecule has 0 aromatic heterocycles. The number of ether oxygens (including phenoxy) is 2. The highest BCUT2D eigenvalue weighted by molar-refractivity contribution is 4.99. The predicted molar refractivity (Wildman–Crippen MR) is 72.1 cm³/mol. The van der Waals surface area contributed by atoms with Gasteiger partial charge in [-0.2, -0.15) is 0 Å². The molecule has 0 aromatic carbocycles. The normalized spacial score (nSPS) is 35.7. The fraction of sp³-hybridized carbons (Fsp3) is 1.00. The zero-order valence-electron chi connectivity index (χ0n) is 12.1. The maximum absolute atomic E-state index is 10.2. The number of hydrogen-bond donors (Lipinski definition) is 2. The standard InChI is InChI=1S/C14H27NO4/c1-3-18-9-8-15-6-4-14(5-7-15)11-13(2,17)12(16)10-19-14/h12,16-17H,3-11H2,1-2H3/t12-,13-/m0/s1. The van der Waals surface area contributed by atoms with E-state index < -0.39 is 11.7 Å². The lowest BCUT2D eigenvalue weighted by Gasteiger charge is -2.49. The van der Waals surface area contributed by atoms with E-state index in [4.69, 9.17) is 9.47 Å². The van der Waals surface area contributed by atoms with E-state index in [9.17, 15) is 10.2 Å². The van der Waals surface area contributed by atoms with Crippen LogP contribution in [0.15, 0.2) is 0 Å². The molecule has 0 saturated carbocycles. The van der Waals surface area contributed by atoms with E-state index in [0.29, 0.717) is 6.42 Å². The number of aliphatic hydroxyl groups excluding tert-OH is 1. The van der Waals surface area contributed by atoms with Gasteiger partial charge in [-0.25, -0.2) is 0 Å². The molecular formula is C14H27NO4. The molecule has 2 rings (SSSR count). The molecule has 2 fully saturated rings. The van der Waals surface area contributed by atoms with E-state index in [1.54, 1.807) is 6.92 Å². The third kappa shape index (κ3) is 3.67. The molecule has 2 N–H and O–H groups in total. The van der Waals surface area contributed by atoms with Crippen LogP contribution in [0.5, 0.6) is 0 Å². The Bertz CT molecular complexity index is 287. The molecule has 0 amide bonds. The summed E-state index contributed by atoms with van der Waals surface area (Å²) in [7, 11) is 0. The largest absolute Gasteiger partial charge is 0.388 e. The van der Waals surface area contributed by atoms with Crippen LogP contribution in [-0.4, -0.2) is 71.9 Å². The lowest BCUT2D eigenvalue weighted by atomic mass is 9.76. The number of nitrogens with zero attached hydrogens (tertiary/aromatic N) is 1. The van der Waals surface area contributed by atoms with Gasteiger partial charge in [-0.3, -0.25) is 0 Å². The van der Waals surface area contributed by atoms with E-state index in [1.165, 1.54) is 0 Å². The van der Waals surface area contributed by atoms with Gasteiger partial charge in [0.05, 0.1) is 24.4 Å². The van der Waals surface area contributed by atoms with Crippen molar-refractivity contribution in [2.75, 3.05) is 39.5 Å². The third-order valence-corrected chi connectivity index (χ3v) is 4.47. The van der Waals surface area contributed by atoms with Crippen LogP contribution in [0.1, 0.15) is 33.1 Å². The van der Waals surface area contributed by atoms with Crippen molar-refractivity contribution in [3.05, 3.63) is 0 Å². The fourth-order valence-electron chi connectivity index (χ4n) is 3.10. The van der Waals surface area contributed by atoms with Gasteiger partial charge in [0, 0.05) is 32.7 Å². The Balaban J connectivity index is 1.82. The topological polar surface area (TPSA) is 62.2 Å². The van der Waals surface area contributed by atoms with Crippen molar-refractivity contribution in [3.63, 3.8) is 0 Å². The Labute approximate surface area is 115 Å². The first kappa shape index (κ1) is 15.2. The monoisotopic (exact) mass is 273 g/mol. The number of rotatable bonds is 4. The summed E-state index contributed by atoms with van der Waals surface area (Å²) in [5.74, 6) is 0. The van der Waals surface area contributed by atoms with E-state index >= 15 is 0 Å². The second-order valence-electron chi connectivity index (χ2n) is 6.08. The molecule has 2 saturated heterocycles. The van der Waals surface area contributed by atoms with E-state index in [0.717, 1.165) is 45.7 Å². The van der Waals surface area contributed by atoms with Crippen LogP contribution < -0.4 is 0 Å². The number of aliphatic hydroxyl groups is 2. The highest BCUT2D eigenvalue weighted by Gasteiger charge is 2.48. The smallest absolute Gasteiger partial charge is 0.106 e. The summed E-state index contributed by atoms with van der Waals surface area (Å²) >= 11 is 0. The Morgan fingerprint density at radius 1 is 1.37 bits per heavy atom. The van der Waals surface area contributed by atoms with Gasteiger partial charge in [0.2, 0.25) is 0 Å². The first-order valence-corrected chi connectivity index (χ1v) is 7.32. The Morgan fingerprint density at radius 2 is 2.05 bits per heavy atom. The fourth-order valence-corrected chi connectivity index (χ4v) is 3.10. The molecule has 1 spiro atoms. The summed E-state index contributed by atoms with van der Waals surface area (Å²) in [6.07, 6.45) is 1.60. The summed E-state index contributed by atoms with van der Waals surface area (Å²) in [6.45, 7) is 8.41. The molecule has 5 nitrogen and oxygen atoms in total. The summed E-state index contributed by atoms with van der Waals surface area (Å²) in [5, 5.41) is 20.0. The predicted octanol–water partition coefficient (Wildman–Crippen LogP) is 0.390. The van der Waals surface area contributed by atoms with Gasteiger partial charge in [0.25, 0.3) is 0 Å². The molecule has 2 aliphatic rings. The molecule has 2 atom stereocenters. The van der Waals surface area contributed by atoms with Gasteiger partial charge in [-0.05, 0) is 26.7 Å². The quantitative estimate of drug-likeness (QED) is 0.726. The highest BCUT2D eigenvalue weighted by Crippen LogP contribution is 2.39. The van der Waals surface area contributed by atoms with Crippen molar-refractivity contribution in [1.82, 2.24) is 4.90 Å². The van der Waals surface area contributed by atoms with Gasteiger partial charge in [-0.15, -0.1) is 0 Å². The Kier molecular flexibility index (Phi) is 4.84. The van der Waals surface area contributed by atoms with Gasteiger partial charge in [-0.1, -0.05) is 0 Å². The number of piperidine rings is 1. The van der Waals surface area contributed by atoms with Crippen LogP contribution in [0.4, 0.5) is 0 Å². The molecule has 0 aromatic rings. The molecule has 0 aliphatic carbocycles. The molecule has 112 valence electrons. The maximum atomic E-state index is 10.2. The molecule has 2 heterocycles. The molecular weight excluding hydrogens is 246 g/mol. The Hall–Kier alpha value is -0.200. The van der Waals surface area contributed by atoms with E-state index in [2.05, 4.69) is 4.90 Å². The van der Waals surface area contributed by atoms with Crippen LogP contribution in [0.2, 0.25) is 0 Å². The average Bonchev–Trinajstić information content (AvgIpc) is 2.37. The Morgan fingerprint density at radius 3 is 2.63 bits per heavy atom. The van der Waals surface area contributed by atoms with Crippen molar-refractivity contribution in [1.29, 1.82) is 0 Å². The molecule has 2 aliphatic heterocycles. The first-order chi connectivity index (χ1) is 8.97. The van der Waals surface area contributed by atoms with Crippen LogP contribution in [0, 0.1) is 0 Å². The van der Waals surface area contributed by atoms with Crippen LogP contribution >= 0.6 is 0 Å². The van der Waals surface area contributed by atoms with Crippen molar-refractivity contribution in [2.45, 2.75) is 50.4 Å². The maximum Gasteiger partial charge on any atom is 0.106 e. The van der Waals surface area contributed by atoms with Gasteiger partial charge < -0.3 is 24.6 Å². The van der Waals surface area contributed by atoms with Gasteiger partial charge in [0.1, 0.15) is 6.10 Å². The van der Waals surface area contributed by atoms with Crippen molar-refractivity contribution in [3.8, 4) is 0 Å². The minimum atomic E-state index is -1.02. The summed E-state index contributed by atoms with van der Waals surface area (Å²) in [6, 6.07) is 0. The summed E-state index contributed by atoms with van der Waals surface area (Å²) < 4.78 is 11.2. The molecule has 0 bridgehead atoms. The number of likely N-dealkylation sites (tertiary alicyclic amines) is 1. The molecule has 0 unspecified atom stereocenters. The highest BCUT2D eigenvalue weighted by atomic mass is 16.5. The molecule has 0 radical (unpaired) electrons. The van der Waals surface area contributed by atoms with Crippen molar-refractivity contribution >= 4 is 0 Å². The lowest BCUT2D eigenvalue weighted by molar-refractivity contribution is -0.223. The van der Waals surface area contributed by atoms with E-state index in [-0.39, 0.29) is 12.2 Å². The van der Waals surface area contributed by atoms with Gasteiger partial charge in [0.15, 0.2) is 0 Å². The van der Waals surface area contributed by atoms with Crippen LogP contribution in [0.25, 0.3) is 0 Å². The van der Waals surface area contributed by atoms with Crippen LogP contribution in [0.3, 0.4) is 0 Å². The lowest BCUT2D eigenvalue weighted by Crippen LogP contribution is -2.59. The molecule has 5 heteroatoms. The molecule has 19 heavy (non-hydrogen) atoms. The SMILES string of the molecule is CCOCCN1CCC2(CC1)C[C@](C)(O)[C@@H](O)CO2. The number of hydrogen-bond acceptors (Lipinski definition) is 5. The second-order valence-corrected chi connectivity index (χ2v) is 6.08. The van der Waals surface area contributed by atoms with Crippen molar-refractivity contribution < 1.29 is 19.7 Å². The summed E-state index contributed by atoms with van der Waals surface area (Å²) in [5.41, 5.74) is -1.27. The zero-order valence-corrected chi connectivity index (χ0v) is 12.1. The van der Waals surface area contributed by atoms with Crippen LogP contribution in [-0.2, 0) is 9.47 Å². The first-order valence-electron chi connectivity index (χ1n) is 7.32. The minimum Gasteiger partial charge on any atom is -0.388 e. The van der Waals surface area contributed by atoms with E-state index in [1.807, 2.05) is 6.92 Å². The van der Waals surface area contributed by atoms with Crippen molar-refractivity contribution in [2.24, 2.45) is 0 Å². The second kappa shape index (κ2) is 6.06. The van der Waals surface area contributed by atoms with Gasteiger partial charge >= 0.3 is 0 Å². The zero-order chi connectivity index (χ0) is 13.9. The summed E-state index contributed by atoms with van der Waals surface area (Å²) in [4.78, 5) is 2.38.